The molecule has 1 aromatic carbocycles. The minimum atomic E-state index is -0.358. The number of aliphatic hydroxyl groups is 1. The fourth-order valence-corrected chi connectivity index (χ4v) is 3.40. The van der Waals surface area contributed by atoms with E-state index in [9.17, 15) is 9.50 Å². The van der Waals surface area contributed by atoms with Crippen molar-refractivity contribution in [1.29, 1.82) is 0 Å². The van der Waals surface area contributed by atoms with Gasteiger partial charge in [0.05, 0.1) is 18.3 Å². The molecule has 20 heavy (non-hydrogen) atoms. The van der Waals surface area contributed by atoms with E-state index >= 15 is 0 Å². The lowest BCUT2D eigenvalue weighted by atomic mass is 9.98. The molecule has 1 aliphatic heterocycles. The molecule has 1 aromatic rings. The Labute approximate surface area is 118 Å². The van der Waals surface area contributed by atoms with E-state index < -0.39 is 0 Å². The number of hydrogen-bond donors (Lipinski definition) is 1. The molecule has 0 radical (unpaired) electrons. The van der Waals surface area contributed by atoms with Crippen LogP contribution in [-0.2, 0) is 11.3 Å². The SMILES string of the molecule is OCc1cc(F)ccc1OCC1CCC2(CCCC2)O1. The third kappa shape index (κ3) is 2.81. The maximum atomic E-state index is 13.1. The Morgan fingerprint density at radius 2 is 2.10 bits per heavy atom. The molecule has 1 N–H and O–H groups in total. The van der Waals surface area contributed by atoms with E-state index in [0.717, 1.165) is 12.8 Å². The van der Waals surface area contributed by atoms with Crippen molar-refractivity contribution in [1.82, 2.24) is 0 Å². The Bertz CT molecular complexity index is 469. The highest BCUT2D eigenvalue weighted by Gasteiger charge is 2.42. The summed E-state index contributed by atoms with van der Waals surface area (Å²) in [7, 11) is 0. The summed E-state index contributed by atoms with van der Waals surface area (Å²) >= 11 is 0. The second-order valence-electron chi connectivity index (χ2n) is 5.89. The van der Waals surface area contributed by atoms with Crippen molar-refractivity contribution in [2.75, 3.05) is 6.61 Å². The minimum absolute atomic E-state index is 0.108. The van der Waals surface area contributed by atoms with Crippen LogP contribution in [0.1, 0.15) is 44.1 Å². The van der Waals surface area contributed by atoms with Gasteiger partial charge < -0.3 is 14.6 Å². The highest BCUT2D eigenvalue weighted by Crippen LogP contribution is 2.43. The van der Waals surface area contributed by atoms with Gasteiger partial charge in [0.15, 0.2) is 0 Å². The molecule has 1 spiro atoms. The molecular formula is C16H21FO3. The Morgan fingerprint density at radius 1 is 1.30 bits per heavy atom. The van der Waals surface area contributed by atoms with Crippen LogP contribution in [0.3, 0.4) is 0 Å². The van der Waals surface area contributed by atoms with Crippen LogP contribution in [0.2, 0.25) is 0 Å². The normalized spacial score (nSPS) is 24.4. The smallest absolute Gasteiger partial charge is 0.125 e. The summed E-state index contributed by atoms with van der Waals surface area (Å²) in [6.07, 6.45) is 7.13. The molecule has 0 aromatic heterocycles. The maximum Gasteiger partial charge on any atom is 0.125 e. The number of hydrogen-bond acceptors (Lipinski definition) is 3. The average Bonchev–Trinajstić information content (AvgIpc) is 3.08. The number of halogens is 1. The molecule has 110 valence electrons. The molecule has 2 aliphatic rings. The van der Waals surface area contributed by atoms with Gasteiger partial charge in [-0.25, -0.2) is 4.39 Å². The lowest BCUT2D eigenvalue weighted by Gasteiger charge is -2.24. The zero-order chi connectivity index (χ0) is 14.0. The standard InChI is InChI=1S/C16H21FO3/c17-13-3-4-15(12(9-13)10-18)19-11-14-5-8-16(20-14)6-1-2-7-16/h3-4,9,14,18H,1-2,5-8,10-11H2. The van der Waals surface area contributed by atoms with Crippen molar-refractivity contribution in [2.24, 2.45) is 0 Å². The maximum absolute atomic E-state index is 13.1. The summed E-state index contributed by atoms with van der Waals surface area (Å²) in [5.41, 5.74) is 0.593. The molecule has 1 aliphatic carbocycles. The van der Waals surface area contributed by atoms with Crippen molar-refractivity contribution in [2.45, 2.75) is 56.8 Å². The zero-order valence-corrected chi connectivity index (χ0v) is 11.6. The van der Waals surface area contributed by atoms with Crippen LogP contribution in [0, 0.1) is 5.82 Å². The van der Waals surface area contributed by atoms with Crippen molar-refractivity contribution in [3.63, 3.8) is 0 Å². The van der Waals surface area contributed by atoms with Crippen molar-refractivity contribution in [3.8, 4) is 5.75 Å². The minimum Gasteiger partial charge on any atom is -0.491 e. The number of benzene rings is 1. The molecule has 0 amide bonds. The first kappa shape index (κ1) is 13.8. The quantitative estimate of drug-likeness (QED) is 0.920. The van der Waals surface area contributed by atoms with E-state index in [1.807, 2.05) is 0 Å². The van der Waals surface area contributed by atoms with Crippen LogP contribution in [0.15, 0.2) is 18.2 Å². The van der Waals surface area contributed by atoms with Gasteiger partial charge in [-0.1, -0.05) is 12.8 Å². The van der Waals surface area contributed by atoms with Gasteiger partial charge in [0.2, 0.25) is 0 Å². The first-order valence-corrected chi connectivity index (χ1v) is 7.41. The van der Waals surface area contributed by atoms with Gasteiger partial charge >= 0.3 is 0 Å². The van der Waals surface area contributed by atoms with Crippen molar-refractivity contribution in [3.05, 3.63) is 29.6 Å². The molecule has 1 heterocycles. The fraction of sp³-hybridized carbons (Fsp3) is 0.625. The van der Waals surface area contributed by atoms with Gasteiger partial charge in [-0.3, -0.25) is 0 Å². The summed E-state index contributed by atoms with van der Waals surface area (Å²) in [6, 6.07) is 4.23. The number of rotatable bonds is 4. The van der Waals surface area contributed by atoms with Crippen LogP contribution >= 0.6 is 0 Å². The Morgan fingerprint density at radius 3 is 2.85 bits per heavy atom. The predicted molar refractivity (Wildman–Crippen MR) is 73.1 cm³/mol. The first-order chi connectivity index (χ1) is 9.71. The zero-order valence-electron chi connectivity index (χ0n) is 11.6. The summed E-state index contributed by atoms with van der Waals surface area (Å²) in [5.74, 6) is 0.188. The van der Waals surface area contributed by atoms with E-state index in [4.69, 9.17) is 9.47 Å². The van der Waals surface area contributed by atoms with E-state index in [0.29, 0.717) is 17.9 Å². The van der Waals surface area contributed by atoms with Gasteiger partial charge in [0.25, 0.3) is 0 Å². The van der Waals surface area contributed by atoms with Gasteiger partial charge in [-0.2, -0.15) is 0 Å². The van der Waals surface area contributed by atoms with E-state index in [-0.39, 0.29) is 24.1 Å². The van der Waals surface area contributed by atoms with Crippen LogP contribution in [0.4, 0.5) is 4.39 Å². The topological polar surface area (TPSA) is 38.7 Å². The fourth-order valence-electron chi connectivity index (χ4n) is 3.40. The number of aliphatic hydroxyl groups excluding tert-OH is 1. The Hall–Kier alpha value is -1.13. The molecule has 2 fully saturated rings. The lowest BCUT2D eigenvalue weighted by Crippen LogP contribution is -2.27. The second kappa shape index (κ2) is 5.70. The molecule has 4 heteroatoms. The first-order valence-electron chi connectivity index (χ1n) is 7.41. The Balaban J connectivity index is 1.57. The summed E-state index contributed by atoms with van der Waals surface area (Å²) in [6.45, 7) is 0.253. The van der Waals surface area contributed by atoms with Gasteiger partial charge in [-0.15, -0.1) is 0 Å². The molecule has 1 atom stereocenters. The monoisotopic (exact) mass is 280 g/mol. The summed E-state index contributed by atoms with van der Waals surface area (Å²) in [4.78, 5) is 0. The number of ether oxygens (including phenoxy) is 2. The van der Waals surface area contributed by atoms with Gasteiger partial charge in [0.1, 0.15) is 18.2 Å². The largest absolute Gasteiger partial charge is 0.491 e. The molecule has 1 unspecified atom stereocenters. The lowest BCUT2D eigenvalue weighted by molar-refractivity contribution is -0.0510. The average molecular weight is 280 g/mol. The molecular weight excluding hydrogens is 259 g/mol. The van der Waals surface area contributed by atoms with E-state index in [1.54, 1.807) is 6.07 Å². The highest BCUT2D eigenvalue weighted by atomic mass is 19.1. The predicted octanol–water partition coefficient (Wildman–Crippen LogP) is 3.19. The van der Waals surface area contributed by atoms with Crippen molar-refractivity contribution >= 4 is 0 Å². The third-order valence-electron chi connectivity index (χ3n) is 4.47. The van der Waals surface area contributed by atoms with Crippen molar-refractivity contribution < 1.29 is 19.0 Å². The molecule has 3 nitrogen and oxygen atoms in total. The highest BCUT2D eigenvalue weighted by molar-refractivity contribution is 5.33. The molecule has 3 rings (SSSR count). The van der Waals surface area contributed by atoms with Gasteiger partial charge in [0, 0.05) is 5.56 Å². The van der Waals surface area contributed by atoms with Crippen LogP contribution in [0.5, 0.6) is 5.75 Å². The van der Waals surface area contributed by atoms with E-state index in [1.165, 1.54) is 37.8 Å². The van der Waals surface area contributed by atoms with Gasteiger partial charge in [-0.05, 0) is 43.9 Å². The molecule has 1 saturated heterocycles. The van der Waals surface area contributed by atoms with E-state index in [2.05, 4.69) is 0 Å². The summed E-state index contributed by atoms with van der Waals surface area (Å²) in [5, 5.41) is 9.22. The van der Waals surface area contributed by atoms with Crippen LogP contribution in [-0.4, -0.2) is 23.4 Å². The summed E-state index contributed by atoms with van der Waals surface area (Å²) < 4.78 is 25.0. The molecule has 0 bridgehead atoms. The molecule has 1 saturated carbocycles. The Kier molecular flexibility index (Phi) is 3.94. The second-order valence-corrected chi connectivity index (χ2v) is 5.89. The van der Waals surface area contributed by atoms with Crippen LogP contribution in [0.25, 0.3) is 0 Å². The van der Waals surface area contributed by atoms with Crippen LogP contribution < -0.4 is 4.74 Å². The third-order valence-corrected chi connectivity index (χ3v) is 4.47.